The van der Waals surface area contributed by atoms with Gasteiger partial charge in [-0.15, -0.1) is 0 Å². The van der Waals surface area contributed by atoms with E-state index < -0.39 is 12.0 Å². The van der Waals surface area contributed by atoms with Crippen LogP contribution in [0.15, 0.2) is 12.5 Å². The van der Waals surface area contributed by atoms with Gasteiger partial charge in [0.2, 0.25) is 0 Å². The molecule has 1 heterocycles. The number of nitrogens with two attached hydrogens (primary N) is 1. The van der Waals surface area contributed by atoms with Crippen molar-refractivity contribution >= 4 is 5.97 Å². The number of nitrogens with zero attached hydrogens (tertiary/aromatic N) is 2. The number of imidazole rings is 1. The largest absolute Gasteiger partial charge is 0.480 e. The Kier molecular flexibility index (Phi) is 3.64. The molecule has 0 saturated carbocycles. The van der Waals surface area contributed by atoms with E-state index in [0.717, 1.165) is 18.7 Å². The number of hydrogen-bond acceptors (Lipinski definition) is 3. The maximum Gasteiger partial charge on any atom is 0.320 e. The molecule has 3 N–H and O–H groups in total. The van der Waals surface area contributed by atoms with Gasteiger partial charge in [0.05, 0.1) is 6.33 Å². The van der Waals surface area contributed by atoms with Gasteiger partial charge in [0.1, 0.15) is 6.04 Å². The molecule has 14 heavy (non-hydrogen) atoms. The lowest BCUT2D eigenvalue weighted by Crippen LogP contribution is -2.33. The van der Waals surface area contributed by atoms with E-state index in [9.17, 15) is 4.79 Å². The molecule has 0 spiro atoms. The van der Waals surface area contributed by atoms with Crippen LogP contribution in [0.3, 0.4) is 0 Å². The van der Waals surface area contributed by atoms with E-state index in [-0.39, 0.29) is 0 Å². The minimum absolute atomic E-state index is 0.329. The first-order chi connectivity index (χ1) is 6.65. The second kappa shape index (κ2) is 4.76. The SMILES string of the molecule is CCCn1cncc1CC(N)C(=O)O. The zero-order valence-electron chi connectivity index (χ0n) is 8.18. The van der Waals surface area contributed by atoms with E-state index >= 15 is 0 Å². The van der Waals surface area contributed by atoms with Gasteiger partial charge in [-0.05, 0) is 6.42 Å². The number of carboxylic acids is 1. The fraction of sp³-hybridized carbons (Fsp3) is 0.556. The van der Waals surface area contributed by atoms with Gasteiger partial charge < -0.3 is 15.4 Å². The molecule has 0 aromatic carbocycles. The standard InChI is InChI=1S/C9H15N3O2/c1-2-3-12-6-11-5-7(12)4-8(10)9(13)14/h5-6,8H,2-4,10H2,1H3,(H,13,14). The summed E-state index contributed by atoms with van der Waals surface area (Å²) in [7, 11) is 0. The van der Waals surface area contributed by atoms with Gasteiger partial charge in [-0.25, -0.2) is 4.98 Å². The summed E-state index contributed by atoms with van der Waals surface area (Å²) in [5.74, 6) is -0.978. The Hall–Kier alpha value is -1.36. The first-order valence-corrected chi connectivity index (χ1v) is 4.62. The molecule has 0 aliphatic rings. The molecule has 78 valence electrons. The summed E-state index contributed by atoms with van der Waals surface area (Å²) in [6.07, 6.45) is 4.69. The summed E-state index contributed by atoms with van der Waals surface area (Å²) in [4.78, 5) is 14.5. The minimum Gasteiger partial charge on any atom is -0.480 e. The molecule has 0 aliphatic carbocycles. The van der Waals surface area contributed by atoms with Crippen LogP contribution in [0.1, 0.15) is 19.0 Å². The maximum absolute atomic E-state index is 10.5. The normalized spacial score (nSPS) is 12.7. The number of aromatic nitrogens is 2. The number of hydrogen-bond donors (Lipinski definition) is 2. The summed E-state index contributed by atoms with van der Waals surface area (Å²) in [5.41, 5.74) is 6.31. The number of carbonyl (C=O) groups is 1. The summed E-state index contributed by atoms with van der Waals surface area (Å²) in [6, 6.07) is -0.845. The monoisotopic (exact) mass is 197 g/mol. The smallest absolute Gasteiger partial charge is 0.320 e. The molecule has 0 fully saturated rings. The Morgan fingerprint density at radius 1 is 1.79 bits per heavy atom. The Morgan fingerprint density at radius 3 is 3.07 bits per heavy atom. The Bertz CT molecular complexity index is 309. The molecule has 1 atom stereocenters. The van der Waals surface area contributed by atoms with Crippen molar-refractivity contribution < 1.29 is 9.90 Å². The van der Waals surface area contributed by atoms with Gasteiger partial charge in [0.25, 0.3) is 0 Å². The van der Waals surface area contributed by atoms with Crippen LogP contribution in [0.5, 0.6) is 0 Å². The lowest BCUT2D eigenvalue weighted by atomic mass is 10.2. The second-order valence-electron chi connectivity index (χ2n) is 3.23. The second-order valence-corrected chi connectivity index (χ2v) is 3.23. The van der Waals surface area contributed by atoms with Crippen LogP contribution in [-0.4, -0.2) is 26.7 Å². The summed E-state index contributed by atoms with van der Waals surface area (Å²) in [5, 5.41) is 8.65. The first kappa shape index (κ1) is 10.7. The third-order valence-corrected chi connectivity index (χ3v) is 2.01. The van der Waals surface area contributed by atoms with Crippen molar-refractivity contribution in [3.05, 3.63) is 18.2 Å². The fourth-order valence-electron chi connectivity index (χ4n) is 1.27. The van der Waals surface area contributed by atoms with E-state index in [1.165, 1.54) is 0 Å². The number of aliphatic carboxylic acids is 1. The minimum atomic E-state index is -0.978. The summed E-state index contributed by atoms with van der Waals surface area (Å²) in [6.45, 7) is 2.91. The van der Waals surface area contributed by atoms with E-state index in [2.05, 4.69) is 11.9 Å². The molecule has 1 unspecified atom stereocenters. The molecule has 1 rings (SSSR count). The number of rotatable bonds is 5. The molecule has 0 radical (unpaired) electrons. The summed E-state index contributed by atoms with van der Waals surface area (Å²) < 4.78 is 1.93. The predicted octanol–water partition coefficient (Wildman–Crippen LogP) is 0.248. The van der Waals surface area contributed by atoms with Crippen LogP contribution in [0.25, 0.3) is 0 Å². The van der Waals surface area contributed by atoms with Crippen LogP contribution in [-0.2, 0) is 17.8 Å². The Labute approximate surface area is 82.6 Å². The third-order valence-electron chi connectivity index (χ3n) is 2.01. The van der Waals surface area contributed by atoms with Gasteiger partial charge in [0.15, 0.2) is 0 Å². The maximum atomic E-state index is 10.5. The Morgan fingerprint density at radius 2 is 2.50 bits per heavy atom. The Balaban J connectivity index is 2.66. The lowest BCUT2D eigenvalue weighted by Gasteiger charge is -2.08. The molecule has 0 aliphatic heterocycles. The highest BCUT2D eigenvalue weighted by molar-refractivity contribution is 5.73. The van der Waals surface area contributed by atoms with Crippen molar-refractivity contribution in [3.63, 3.8) is 0 Å². The van der Waals surface area contributed by atoms with Crippen LogP contribution in [0.4, 0.5) is 0 Å². The molecular weight excluding hydrogens is 182 g/mol. The van der Waals surface area contributed by atoms with Crippen molar-refractivity contribution in [2.75, 3.05) is 0 Å². The van der Waals surface area contributed by atoms with E-state index in [0.29, 0.717) is 6.42 Å². The van der Waals surface area contributed by atoms with Gasteiger partial charge in [-0.2, -0.15) is 0 Å². The van der Waals surface area contributed by atoms with Crippen LogP contribution >= 0.6 is 0 Å². The first-order valence-electron chi connectivity index (χ1n) is 4.62. The fourth-order valence-corrected chi connectivity index (χ4v) is 1.27. The van der Waals surface area contributed by atoms with E-state index in [1.807, 2.05) is 4.57 Å². The van der Waals surface area contributed by atoms with Gasteiger partial charge in [-0.1, -0.05) is 6.92 Å². The molecule has 5 heteroatoms. The quantitative estimate of drug-likeness (QED) is 0.708. The molecule has 1 aromatic heterocycles. The van der Waals surface area contributed by atoms with Crippen molar-refractivity contribution in [1.29, 1.82) is 0 Å². The average molecular weight is 197 g/mol. The lowest BCUT2D eigenvalue weighted by molar-refractivity contribution is -0.138. The van der Waals surface area contributed by atoms with Crippen molar-refractivity contribution in [1.82, 2.24) is 9.55 Å². The van der Waals surface area contributed by atoms with Gasteiger partial charge in [0, 0.05) is 24.9 Å². The average Bonchev–Trinajstić information content (AvgIpc) is 2.53. The van der Waals surface area contributed by atoms with E-state index in [1.54, 1.807) is 12.5 Å². The zero-order valence-corrected chi connectivity index (χ0v) is 8.18. The van der Waals surface area contributed by atoms with Crippen molar-refractivity contribution in [2.24, 2.45) is 5.73 Å². The van der Waals surface area contributed by atoms with Crippen LogP contribution in [0, 0.1) is 0 Å². The third kappa shape index (κ3) is 2.56. The number of carboxylic acid groups (broad SMARTS) is 1. The number of aryl methyl sites for hydroxylation is 1. The molecule has 0 amide bonds. The van der Waals surface area contributed by atoms with E-state index in [4.69, 9.17) is 10.8 Å². The van der Waals surface area contributed by atoms with Crippen LogP contribution < -0.4 is 5.73 Å². The van der Waals surface area contributed by atoms with Gasteiger partial charge in [-0.3, -0.25) is 4.79 Å². The molecule has 1 aromatic rings. The molecule has 5 nitrogen and oxygen atoms in total. The molecule has 0 saturated heterocycles. The highest BCUT2D eigenvalue weighted by Crippen LogP contribution is 2.03. The van der Waals surface area contributed by atoms with Crippen molar-refractivity contribution in [2.45, 2.75) is 32.4 Å². The van der Waals surface area contributed by atoms with Crippen molar-refractivity contribution in [3.8, 4) is 0 Å². The topological polar surface area (TPSA) is 81.1 Å². The van der Waals surface area contributed by atoms with Crippen LogP contribution in [0.2, 0.25) is 0 Å². The predicted molar refractivity (Wildman–Crippen MR) is 51.8 cm³/mol. The highest BCUT2D eigenvalue weighted by Gasteiger charge is 2.14. The highest BCUT2D eigenvalue weighted by atomic mass is 16.4. The molecule has 0 bridgehead atoms. The molecular formula is C9H15N3O2. The van der Waals surface area contributed by atoms with Gasteiger partial charge >= 0.3 is 5.97 Å². The zero-order chi connectivity index (χ0) is 10.6. The summed E-state index contributed by atoms with van der Waals surface area (Å²) >= 11 is 0.